The van der Waals surface area contributed by atoms with E-state index in [1.165, 1.54) is 31.7 Å². The van der Waals surface area contributed by atoms with Gasteiger partial charge >= 0.3 is 6.03 Å². The molecule has 3 rings (SSSR count). The van der Waals surface area contributed by atoms with Crippen molar-refractivity contribution in [3.05, 3.63) is 29.6 Å². The largest absolute Gasteiger partial charge is 0.324 e. The molecule has 1 saturated carbocycles. The Labute approximate surface area is 125 Å². The summed E-state index contributed by atoms with van der Waals surface area (Å²) in [4.78, 5) is 14.2. The molecule has 1 heterocycles. The molecule has 4 heteroatoms. The summed E-state index contributed by atoms with van der Waals surface area (Å²) in [6.07, 6.45) is 6.25. The number of urea groups is 1. The van der Waals surface area contributed by atoms with Crippen LogP contribution in [0.1, 0.15) is 37.7 Å². The summed E-state index contributed by atoms with van der Waals surface area (Å²) < 4.78 is 13.7. The predicted molar refractivity (Wildman–Crippen MR) is 81.8 cm³/mol. The molecule has 21 heavy (non-hydrogen) atoms. The molecule has 2 atom stereocenters. The first-order chi connectivity index (χ1) is 10.1. The summed E-state index contributed by atoms with van der Waals surface area (Å²) in [5.74, 6) is 1.06. The Morgan fingerprint density at radius 3 is 2.81 bits per heavy atom. The number of likely N-dealkylation sites (tertiary alicyclic amines) is 1. The second-order valence-electron chi connectivity index (χ2n) is 6.45. The second kappa shape index (κ2) is 6.04. The summed E-state index contributed by atoms with van der Waals surface area (Å²) in [5, 5.41) is 2.73. The van der Waals surface area contributed by atoms with E-state index in [1.54, 1.807) is 12.1 Å². The highest BCUT2D eigenvalue weighted by molar-refractivity contribution is 5.89. The molecule has 2 amide bonds. The van der Waals surface area contributed by atoms with Crippen LogP contribution in [0.2, 0.25) is 0 Å². The lowest BCUT2D eigenvalue weighted by atomic mass is 9.75. The summed E-state index contributed by atoms with van der Waals surface area (Å²) >= 11 is 0. The molecule has 1 aliphatic heterocycles. The van der Waals surface area contributed by atoms with Crippen LogP contribution in [0.3, 0.4) is 0 Å². The Bertz CT molecular complexity index is 532. The zero-order valence-corrected chi connectivity index (χ0v) is 12.6. The number of fused-ring (bicyclic) bond motifs is 1. The van der Waals surface area contributed by atoms with Gasteiger partial charge in [-0.3, -0.25) is 0 Å². The number of anilines is 1. The molecule has 2 fully saturated rings. The molecule has 0 bridgehead atoms. The third-order valence-corrected chi connectivity index (χ3v) is 4.94. The van der Waals surface area contributed by atoms with Crippen molar-refractivity contribution >= 4 is 11.7 Å². The number of aryl methyl sites for hydroxylation is 1. The lowest BCUT2D eigenvalue weighted by Gasteiger charge is -2.41. The quantitative estimate of drug-likeness (QED) is 0.827. The van der Waals surface area contributed by atoms with Crippen LogP contribution >= 0.6 is 0 Å². The third-order valence-electron chi connectivity index (χ3n) is 4.94. The third kappa shape index (κ3) is 3.20. The summed E-state index contributed by atoms with van der Waals surface area (Å²) in [7, 11) is 0. The predicted octanol–water partition coefficient (Wildman–Crippen LogP) is 4.18. The lowest BCUT2D eigenvalue weighted by Crippen LogP contribution is -2.46. The van der Waals surface area contributed by atoms with E-state index >= 15 is 0 Å². The fourth-order valence-corrected chi connectivity index (χ4v) is 3.71. The van der Waals surface area contributed by atoms with Crippen LogP contribution in [0.25, 0.3) is 0 Å². The first-order valence-corrected chi connectivity index (χ1v) is 7.95. The molecule has 1 aromatic rings. The highest BCUT2D eigenvalue weighted by Gasteiger charge is 2.33. The van der Waals surface area contributed by atoms with Crippen LogP contribution in [-0.2, 0) is 0 Å². The lowest BCUT2D eigenvalue weighted by molar-refractivity contribution is 0.108. The average molecular weight is 290 g/mol. The van der Waals surface area contributed by atoms with E-state index in [0.29, 0.717) is 5.92 Å². The SMILES string of the molecule is Cc1ccc(F)c(NC(=O)N2CC[C@@H]3CCCC[C@H]3C2)c1. The van der Waals surface area contributed by atoms with E-state index in [0.717, 1.165) is 31.0 Å². The molecule has 0 unspecified atom stereocenters. The van der Waals surface area contributed by atoms with Gasteiger partial charge in [-0.25, -0.2) is 9.18 Å². The topological polar surface area (TPSA) is 32.3 Å². The average Bonchev–Trinajstić information content (AvgIpc) is 2.50. The number of hydrogen-bond donors (Lipinski definition) is 1. The van der Waals surface area contributed by atoms with Crippen LogP contribution < -0.4 is 5.32 Å². The van der Waals surface area contributed by atoms with E-state index in [2.05, 4.69) is 5.32 Å². The van der Waals surface area contributed by atoms with Crippen molar-refractivity contribution in [2.75, 3.05) is 18.4 Å². The number of rotatable bonds is 1. The Balaban J connectivity index is 1.64. The van der Waals surface area contributed by atoms with Gasteiger partial charge < -0.3 is 10.2 Å². The molecule has 1 saturated heterocycles. The first kappa shape index (κ1) is 14.4. The Hall–Kier alpha value is -1.58. The highest BCUT2D eigenvalue weighted by atomic mass is 19.1. The molecule has 114 valence electrons. The van der Waals surface area contributed by atoms with Crippen LogP contribution in [0.5, 0.6) is 0 Å². The molecular formula is C17H23FN2O. The molecule has 1 N–H and O–H groups in total. The number of carbonyl (C=O) groups is 1. The normalized spacial score (nSPS) is 25.3. The Morgan fingerprint density at radius 2 is 2.00 bits per heavy atom. The summed E-state index contributed by atoms with van der Waals surface area (Å²) in [6.45, 7) is 3.51. The monoisotopic (exact) mass is 290 g/mol. The number of nitrogens with zero attached hydrogens (tertiary/aromatic N) is 1. The van der Waals surface area contributed by atoms with Crippen LogP contribution in [-0.4, -0.2) is 24.0 Å². The van der Waals surface area contributed by atoms with Gasteiger partial charge in [-0.1, -0.05) is 25.3 Å². The molecule has 0 spiro atoms. The fourth-order valence-electron chi connectivity index (χ4n) is 3.71. The van der Waals surface area contributed by atoms with E-state index in [9.17, 15) is 9.18 Å². The highest BCUT2D eigenvalue weighted by Crippen LogP contribution is 2.36. The first-order valence-electron chi connectivity index (χ1n) is 7.95. The Morgan fingerprint density at radius 1 is 1.24 bits per heavy atom. The number of halogens is 1. The van der Waals surface area contributed by atoms with Crippen molar-refractivity contribution < 1.29 is 9.18 Å². The standard InChI is InChI=1S/C17H23FN2O/c1-12-6-7-15(18)16(10-12)19-17(21)20-9-8-13-4-2-3-5-14(13)11-20/h6-7,10,13-14H,2-5,8-9,11H2,1H3,(H,19,21)/t13-,14-/m0/s1. The van der Waals surface area contributed by atoms with Gasteiger partial charge in [0.25, 0.3) is 0 Å². The number of nitrogens with one attached hydrogen (secondary N) is 1. The summed E-state index contributed by atoms with van der Waals surface area (Å²) in [5.41, 5.74) is 1.23. The zero-order chi connectivity index (χ0) is 14.8. The maximum atomic E-state index is 13.7. The number of hydrogen-bond acceptors (Lipinski definition) is 1. The molecule has 2 aliphatic rings. The molecule has 0 radical (unpaired) electrons. The van der Waals surface area contributed by atoms with Crippen molar-refractivity contribution in [3.63, 3.8) is 0 Å². The van der Waals surface area contributed by atoms with Gasteiger partial charge in [0.05, 0.1) is 5.69 Å². The molecular weight excluding hydrogens is 267 g/mol. The van der Waals surface area contributed by atoms with Gasteiger partial charge in [0.15, 0.2) is 0 Å². The minimum absolute atomic E-state index is 0.163. The van der Waals surface area contributed by atoms with Crippen molar-refractivity contribution in [1.29, 1.82) is 0 Å². The second-order valence-corrected chi connectivity index (χ2v) is 6.45. The van der Waals surface area contributed by atoms with Gasteiger partial charge in [0, 0.05) is 13.1 Å². The molecule has 1 aliphatic carbocycles. The number of benzene rings is 1. The minimum atomic E-state index is -0.374. The van der Waals surface area contributed by atoms with E-state index in [1.807, 2.05) is 11.8 Å². The fraction of sp³-hybridized carbons (Fsp3) is 0.588. The molecule has 0 aromatic heterocycles. The molecule has 1 aromatic carbocycles. The number of carbonyl (C=O) groups excluding carboxylic acids is 1. The molecule has 3 nitrogen and oxygen atoms in total. The van der Waals surface area contributed by atoms with E-state index in [-0.39, 0.29) is 17.5 Å². The Kier molecular flexibility index (Phi) is 4.13. The van der Waals surface area contributed by atoms with Crippen LogP contribution in [0.15, 0.2) is 18.2 Å². The maximum absolute atomic E-state index is 13.7. The van der Waals surface area contributed by atoms with Crippen molar-refractivity contribution in [3.8, 4) is 0 Å². The van der Waals surface area contributed by atoms with Crippen LogP contribution in [0, 0.1) is 24.6 Å². The van der Waals surface area contributed by atoms with Crippen LogP contribution in [0.4, 0.5) is 14.9 Å². The number of amides is 2. The smallest absolute Gasteiger partial charge is 0.321 e. The van der Waals surface area contributed by atoms with E-state index in [4.69, 9.17) is 0 Å². The van der Waals surface area contributed by atoms with Gasteiger partial charge in [-0.15, -0.1) is 0 Å². The van der Waals surface area contributed by atoms with Gasteiger partial charge in [-0.05, 0) is 49.3 Å². The van der Waals surface area contributed by atoms with Gasteiger partial charge in [0.2, 0.25) is 0 Å². The van der Waals surface area contributed by atoms with Gasteiger partial charge in [-0.2, -0.15) is 0 Å². The van der Waals surface area contributed by atoms with Gasteiger partial charge in [0.1, 0.15) is 5.82 Å². The van der Waals surface area contributed by atoms with Crippen molar-refractivity contribution in [1.82, 2.24) is 4.90 Å². The minimum Gasteiger partial charge on any atom is -0.324 e. The zero-order valence-electron chi connectivity index (χ0n) is 12.6. The summed E-state index contributed by atoms with van der Waals surface area (Å²) in [6, 6.07) is 4.63. The van der Waals surface area contributed by atoms with E-state index < -0.39 is 0 Å². The maximum Gasteiger partial charge on any atom is 0.321 e. The number of piperidine rings is 1. The van der Waals surface area contributed by atoms with Crippen molar-refractivity contribution in [2.45, 2.75) is 39.0 Å². The van der Waals surface area contributed by atoms with Crippen molar-refractivity contribution in [2.24, 2.45) is 11.8 Å².